The summed E-state index contributed by atoms with van der Waals surface area (Å²) in [5, 5.41) is 0. The third-order valence-corrected chi connectivity index (χ3v) is 5.66. The molecule has 0 aliphatic carbocycles. The third kappa shape index (κ3) is 5.76. The molecule has 0 aliphatic heterocycles. The Kier molecular flexibility index (Phi) is 7.04. The van der Waals surface area contributed by atoms with Crippen LogP contribution in [0.2, 0.25) is 4.34 Å². The minimum Gasteiger partial charge on any atom is -0.467 e. The van der Waals surface area contributed by atoms with Crippen molar-refractivity contribution in [2.45, 2.75) is 6.61 Å². The Bertz CT molecular complexity index is 1090. The lowest BCUT2D eigenvalue weighted by molar-refractivity contribution is 0.0932. The van der Waals surface area contributed by atoms with E-state index in [9.17, 15) is 4.79 Å². The molecule has 0 saturated heterocycles. The van der Waals surface area contributed by atoms with Crippen LogP contribution in [0.1, 0.15) is 15.4 Å². The molecule has 0 atom stereocenters. The highest BCUT2D eigenvalue weighted by molar-refractivity contribution is 7.18. The molecule has 0 fully saturated rings. The largest absolute Gasteiger partial charge is 0.467 e. The summed E-state index contributed by atoms with van der Waals surface area (Å²) in [5.74, 6) is 2.05. The predicted molar refractivity (Wildman–Crippen MR) is 122 cm³/mol. The van der Waals surface area contributed by atoms with E-state index >= 15 is 0 Å². The summed E-state index contributed by atoms with van der Waals surface area (Å²) in [4.78, 5) is 15.4. The third-order valence-electron chi connectivity index (χ3n) is 4.44. The number of amides is 1. The Hall–Kier alpha value is -3.06. The summed E-state index contributed by atoms with van der Waals surface area (Å²) in [6.07, 6.45) is 1.61. The maximum atomic E-state index is 13.1. The van der Waals surface area contributed by atoms with Gasteiger partial charge in [0.2, 0.25) is 0 Å². The highest BCUT2D eigenvalue weighted by Gasteiger charge is 2.19. The van der Waals surface area contributed by atoms with Crippen LogP contribution in [-0.4, -0.2) is 19.1 Å². The zero-order valence-corrected chi connectivity index (χ0v) is 18.1. The Morgan fingerprint density at radius 1 is 0.935 bits per heavy atom. The second-order valence-electron chi connectivity index (χ2n) is 6.60. The lowest BCUT2D eigenvalue weighted by Crippen LogP contribution is -2.33. The van der Waals surface area contributed by atoms with Gasteiger partial charge in [-0.25, -0.2) is 0 Å². The van der Waals surface area contributed by atoms with E-state index in [2.05, 4.69) is 0 Å². The van der Waals surface area contributed by atoms with Crippen molar-refractivity contribution in [3.05, 3.63) is 100 Å². The van der Waals surface area contributed by atoms with Crippen molar-refractivity contribution in [1.29, 1.82) is 0 Å². The number of hydrogen-bond donors (Lipinski definition) is 0. The number of anilines is 1. The van der Waals surface area contributed by atoms with Crippen LogP contribution in [0.4, 0.5) is 5.69 Å². The molecule has 0 aliphatic rings. The fourth-order valence-electron chi connectivity index (χ4n) is 2.95. The molecule has 2 heterocycles. The summed E-state index contributed by atoms with van der Waals surface area (Å²) < 4.78 is 17.4. The molecule has 4 rings (SSSR count). The fraction of sp³-hybridized carbons (Fsp3) is 0.125. The van der Waals surface area contributed by atoms with Crippen molar-refractivity contribution in [1.82, 2.24) is 0 Å². The van der Waals surface area contributed by atoms with Gasteiger partial charge in [-0.05, 0) is 60.7 Å². The highest BCUT2D eigenvalue weighted by atomic mass is 35.5. The van der Waals surface area contributed by atoms with Crippen LogP contribution < -0.4 is 9.64 Å². The van der Waals surface area contributed by atoms with Crippen molar-refractivity contribution in [3.8, 4) is 11.5 Å². The van der Waals surface area contributed by atoms with Crippen LogP contribution in [0, 0.1) is 0 Å². The van der Waals surface area contributed by atoms with Crippen molar-refractivity contribution >= 4 is 34.5 Å². The van der Waals surface area contributed by atoms with Gasteiger partial charge in [-0.3, -0.25) is 4.79 Å². The van der Waals surface area contributed by atoms with E-state index in [4.69, 9.17) is 25.5 Å². The van der Waals surface area contributed by atoms with Gasteiger partial charge in [0.05, 0.1) is 22.1 Å². The summed E-state index contributed by atoms with van der Waals surface area (Å²) in [6, 6.07) is 24.1. The number of benzene rings is 2. The molecule has 0 bridgehead atoms. The minimum atomic E-state index is -0.129. The number of halogens is 1. The standard InChI is InChI=1S/C24H20ClNO4S/c25-23-13-12-22(31-23)24(27)26(14-16-28-17-21-7-4-15-29-21)18-8-10-20(11-9-18)30-19-5-2-1-3-6-19/h1-13,15H,14,16-17H2. The average molecular weight is 454 g/mol. The molecule has 0 spiro atoms. The monoisotopic (exact) mass is 453 g/mol. The highest BCUT2D eigenvalue weighted by Crippen LogP contribution is 2.28. The van der Waals surface area contributed by atoms with Gasteiger partial charge in [0.1, 0.15) is 23.9 Å². The smallest absolute Gasteiger partial charge is 0.268 e. The molecule has 0 radical (unpaired) electrons. The number of carbonyl (C=O) groups is 1. The van der Waals surface area contributed by atoms with Gasteiger partial charge in [-0.15, -0.1) is 11.3 Å². The molecule has 31 heavy (non-hydrogen) atoms. The first kappa shape index (κ1) is 21.2. The molecule has 2 aromatic carbocycles. The number of para-hydroxylation sites is 1. The van der Waals surface area contributed by atoms with Crippen LogP contribution in [0.15, 0.2) is 89.5 Å². The van der Waals surface area contributed by atoms with E-state index < -0.39 is 0 Å². The average Bonchev–Trinajstić information content (AvgIpc) is 3.47. The Balaban J connectivity index is 1.46. The molecule has 0 N–H and O–H groups in total. The maximum absolute atomic E-state index is 13.1. The van der Waals surface area contributed by atoms with Crippen LogP contribution in [0.3, 0.4) is 0 Å². The quantitative estimate of drug-likeness (QED) is 0.266. The summed E-state index contributed by atoms with van der Waals surface area (Å²) >= 11 is 7.29. The lowest BCUT2D eigenvalue weighted by Gasteiger charge is -2.22. The number of furan rings is 1. The molecule has 2 aromatic heterocycles. The summed E-state index contributed by atoms with van der Waals surface area (Å²) in [5.41, 5.74) is 0.747. The zero-order valence-electron chi connectivity index (χ0n) is 16.6. The van der Waals surface area contributed by atoms with E-state index in [1.54, 1.807) is 23.3 Å². The van der Waals surface area contributed by atoms with Crippen LogP contribution in [0.5, 0.6) is 11.5 Å². The number of carbonyl (C=O) groups excluding carboxylic acids is 1. The number of hydrogen-bond acceptors (Lipinski definition) is 5. The van der Waals surface area contributed by atoms with E-state index in [0.717, 1.165) is 17.2 Å². The Morgan fingerprint density at radius 3 is 2.39 bits per heavy atom. The first-order valence-electron chi connectivity index (χ1n) is 9.69. The second kappa shape index (κ2) is 10.3. The van der Waals surface area contributed by atoms with Crippen molar-refractivity contribution in [2.24, 2.45) is 0 Å². The number of nitrogens with zero attached hydrogens (tertiary/aromatic N) is 1. The Morgan fingerprint density at radius 2 is 1.71 bits per heavy atom. The molecular weight excluding hydrogens is 434 g/mol. The van der Waals surface area contributed by atoms with Gasteiger partial charge in [0.25, 0.3) is 5.91 Å². The molecule has 1 amide bonds. The molecule has 4 aromatic rings. The van der Waals surface area contributed by atoms with Gasteiger partial charge in [-0.1, -0.05) is 29.8 Å². The van der Waals surface area contributed by atoms with E-state index in [-0.39, 0.29) is 5.91 Å². The van der Waals surface area contributed by atoms with Crippen LogP contribution in [-0.2, 0) is 11.3 Å². The summed E-state index contributed by atoms with van der Waals surface area (Å²) in [6.45, 7) is 1.09. The van der Waals surface area contributed by atoms with Gasteiger partial charge in [-0.2, -0.15) is 0 Å². The SMILES string of the molecule is O=C(c1ccc(Cl)s1)N(CCOCc1ccco1)c1ccc(Oc2ccccc2)cc1. The van der Waals surface area contributed by atoms with Crippen LogP contribution in [0.25, 0.3) is 0 Å². The predicted octanol–water partition coefficient (Wildman–Crippen LogP) is 6.65. The minimum absolute atomic E-state index is 0.129. The maximum Gasteiger partial charge on any atom is 0.268 e. The number of ether oxygens (including phenoxy) is 2. The molecule has 7 heteroatoms. The lowest BCUT2D eigenvalue weighted by atomic mass is 10.2. The van der Waals surface area contributed by atoms with Gasteiger partial charge >= 0.3 is 0 Å². The zero-order chi connectivity index (χ0) is 21.5. The van der Waals surface area contributed by atoms with E-state index in [0.29, 0.717) is 34.7 Å². The molecule has 158 valence electrons. The molecular formula is C24H20ClNO4S. The number of thiophene rings is 1. The van der Waals surface area contributed by atoms with Gasteiger partial charge < -0.3 is 18.8 Å². The topological polar surface area (TPSA) is 51.9 Å². The first-order chi connectivity index (χ1) is 15.2. The van der Waals surface area contributed by atoms with E-state index in [1.807, 2.05) is 66.7 Å². The molecule has 5 nitrogen and oxygen atoms in total. The van der Waals surface area contributed by atoms with Crippen LogP contribution >= 0.6 is 22.9 Å². The van der Waals surface area contributed by atoms with Crippen molar-refractivity contribution in [3.63, 3.8) is 0 Å². The molecule has 0 unspecified atom stereocenters. The number of rotatable bonds is 9. The summed E-state index contributed by atoms with van der Waals surface area (Å²) in [7, 11) is 0. The van der Waals surface area contributed by atoms with Gasteiger partial charge in [0.15, 0.2) is 0 Å². The molecule has 0 saturated carbocycles. The van der Waals surface area contributed by atoms with Crippen molar-refractivity contribution < 1.29 is 18.7 Å². The van der Waals surface area contributed by atoms with E-state index in [1.165, 1.54) is 11.3 Å². The fourth-order valence-corrected chi connectivity index (χ4v) is 3.94. The Labute approximate surface area is 189 Å². The van der Waals surface area contributed by atoms with Crippen molar-refractivity contribution in [2.75, 3.05) is 18.1 Å². The second-order valence-corrected chi connectivity index (χ2v) is 8.32. The first-order valence-corrected chi connectivity index (χ1v) is 10.9. The van der Waals surface area contributed by atoms with Gasteiger partial charge in [0, 0.05) is 12.2 Å². The normalized spacial score (nSPS) is 10.7.